The lowest BCUT2D eigenvalue weighted by Crippen LogP contribution is -2.12. The zero-order chi connectivity index (χ0) is 10.6. The Kier molecular flexibility index (Phi) is 4.15. The summed E-state index contributed by atoms with van der Waals surface area (Å²) in [5.74, 6) is 0.415. The van der Waals surface area contributed by atoms with Gasteiger partial charge in [0.15, 0.2) is 0 Å². The number of ketones is 1. The Labute approximate surface area is 90.1 Å². The highest BCUT2D eigenvalue weighted by Crippen LogP contribution is 2.15. The molecule has 0 saturated carbocycles. The Bertz CT molecular complexity index is 303. The Morgan fingerprint density at radius 1 is 1.36 bits per heavy atom. The van der Waals surface area contributed by atoms with Crippen LogP contribution in [0.2, 0.25) is 5.02 Å². The van der Waals surface area contributed by atoms with E-state index in [0.29, 0.717) is 0 Å². The van der Waals surface area contributed by atoms with Crippen LogP contribution in [0.25, 0.3) is 0 Å². The van der Waals surface area contributed by atoms with E-state index < -0.39 is 0 Å². The summed E-state index contributed by atoms with van der Waals surface area (Å²) < 4.78 is 0. The molecule has 0 radical (unpaired) electrons. The zero-order valence-corrected chi connectivity index (χ0v) is 9.34. The van der Waals surface area contributed by atoms with Crippen molar-refractivity contribution in [2.24, 2.45) is 5.92 Å². The summed E-state index contributed by atoms with van der Waals surface area (Å²) in [5, 5.41) is 0.740. The summed E-state index contributed by atoms with van der Waals surface area (Å²) in [6.07, 6.45) is 1.72. The number of Topliss-reactive ketones (excluding diaryl/α,β-unsaturated/α-hetero) is 1. The fraction of sp³-hybridized carbons (Fsp3) is 0.417. The Balaban J connectivity index is 2.67. The van der Waals surface area contributed by atoms with Crippen molar-refractivity contribution in [2.45, 2.75) is 26.7 Å². The maximum atomic E-state index is 11.2. The molecule has 0 spiro atoms. The smallest absolute Gasteiger partial charge is 0.133 e. The third kappa shape index (κ3) is 3.15. The van der Waals surface area contributed by atoms with Gasteiger partial charge in [-0.3, -0.25) is 4.79 Å². The molecule has 0 heterocycles. The van der Waals surface area contributed by atoms with Crippen LogP contribution < -0.4 is 0 Å². The molecule has 1 aromatic rings. The number of hydrogen-bond donors (Lipinski definition) is 0. The van der Waals surface area contributed by atoms with Gasteiger partial charge < -0.3 is 0 Å². The quantitative estimate of drug-likeness (QED) is 0.744. The maximum absolute atomic E-state index is 11.2. The molecule has 14 heavy (non-hydrogen) atoms. The maximum Gasteiger partial charge on any atom is 0.133 e. The highest BCUT2D eigenvalue weighted by Gasteiger charge is 2.11. The van der Waals surface area contributed by atoms with E-state index in [1.807, 2.05) is 31.2 Å². The normalized spacial score (nSPS) is 12.5. The molecule has 0 amide bonds. The van der Waals surface area contributed by atoms with Crippen molar-refractivity contribution in [3.05, 3.63) is 34.9 Å². The number of hydrogen-bond acceptors (Lipinski definition) is 1. The van der Waals surface area contributed by atoms with Gasteiger partial charge in [-0.25, -0.2) is 0 Å². The number of carbonyl (C=O) groups excluding carboxylic acids is 1. The molecule has 1 aromatic carbocycles. The highest BCUT2D eigenvalue weighted by molar-refractivity contribution is 6.30. The molecular weight excluding hydrogens is 196 g/mol. The average molecular weight is 211 g/mol. The van der Waals surface area contributed by atoms with Crippen LogP contribution >= 0.6 is 11.6 Å². The molecule has 0 fully saturated rings. The van der Waals surface area contributed by atoms with Crippen LogP contribution in [0, 0.1) is 5.92 Å². The molecule has 0 aromatic heterocycles. The Morgan fingerprint density at radius 2 is 1.93 bits per heavy atom. The van der Waals surface area contributed by atoms with Crippen molar-refractivity contribution in [3.8, 4) is 0 Å². The highest BCUT2D eigenvalue weighted by atomic mass is 35.5. The largest absolute Gasteiger partial charge is 0.300 e. The molecule has 1 rings (SSSR count). The van der Waals surface area contributed by atoms with Crippen molar-refractivity contribution < 1.29 is 4.79 Å². The van der Waals surface area contributed by atoms with Gasteiger partial charge in [-0.15, -0.1) is 0 Å². The first-order valence-electron chi connectivity index (χ1n) is 4.88. The predicted octanol–water partition coefficient (Wildman–Crippen LogP) is 3.50. The van der Waals surface area contributed by atoms with E-state index in [1.165, 1.54) is 5.56 Å². The van der Waals surface area contributed by atoms with Crippen molar-refractivity contribution in [2.75, 3.05) is 0 Å². The molecule has 0 bridgehead atoms. The lowest BCUT2D eigenvalue weighted by molar-refractivity contribution is -0.120. The van der Waals surface area contributed by atoms with Crippen molar-refractivity contribution in [1.82, 2.24) is 0 Å². The van der Waals surface area contributed by atoms with Crippen LogP contribution in [0.15, 0.2) is 24.3 Å². The second kappa shape index (κ2) is 5.16. The molecule has 0 N–H and O–H groups in total. The summed E-state index contributed by atoms with van der Waals surface area (Å²) in [6, 6.07) is 7.69. The van der Waals surface area contributed by atoms with Crippen LogP contribution in [0.1, 0.15) is 25.8 Å². The van der Waals surface area contributed by atoms with Crippen LogP contribution in [0.5, 0.6) is 0 Å². The van der Waals surface area contributed by atoms with Crippen LogP contribution in [-0.4, -0.2) is 5.78 Å². The fourth-order valence-corrected chi connectivity index (χ4v) is 1.61. The van der Waals surface area contributed by atoms with E-state index in [0.717, 1.165) is 17.9 Å². The number of carbonyl (C=O) groups is 1. The first kappa shape index (κ1) is 11.3. The second-order valence-corrected chi connectivity index (χ2v) is 3.98. The molecule has 76 valence electrons. The average Bonchev–Trinajstić information content (AvgIpc) is 2.16. The molecule has 0 aliphatic heterocycles. The summed E-state index contributed by atoms with van der Waals surface area (Å²) in [6.45, 7) is 3.70. The minimum atomic E-state index is 0.149. The van der Waals surface area contributed by atoms with E-state index in [2.05, 4.69) is 0 Å². The summed E-state index contributed by atoms with van der Waals surface area (Å²) in [5.41, 5.74) is 1.18. The minimum absolute atomic E-state index is 0.149. The predicted molar refractivity (Wildman–Crippen MR) is 59.6 cm³/mol. The van der Waals surface area contributed by atoms with E-state index in [9.17, 15) is 4.79 Å². The first-order valence-corrected chi connectivity index (χ1v) is 5.26. The van der Waals surface area contributed by atoms with Gasteiger partial charge in [0.05, 0.1) is 0 Å². The number of benzene rings is 1. The van der Waals surface area contributed by atoms with E-state index >= 15 is 0 Å². The summed E-state index contributed by atoms with van der Waals surface area (Å²) in [7, 11) is 0. The van der Waals surface area contributed by atoms with Gasteiger partial charge in [0.1, 0.15) is 5.78 Å². The number of halogens is 1. The van der Waals surface area contributed by atoms with Gasteiger partial charge in [-0.05, 0) is 37.5 Å². The number of rotatable bonds is 4. The van der Waals surface area contributed by atoms with Crippen LogP contribution in [0.3, 0.4) is 0 Å². The van der Waals surface area contributed by atoms with Crippen molar-refractivity contribution in [1.29, 1.82) is 0 Å². The minimum Gasteiger partial charge on any atom is -0.300 e. The SMILES string of the molecule is CCC(Cc1ccc(Cl)cc1)C(C)=O. The van der Waals surface area contributed by atoms with Gasteiger partial charge in [0.2, 0.25) is 0 Å². The molecule has 2 heteroatoms. The molecule has 0 aliphatic rings. The first-order chi connectivity index (χ1) is 6.63. The standard InChI is InChI=1S/C12H15ClO/c1-3-11(9(2)14)8-10-4-6-12(13)7-5-10/h4-7,11H,3,8H2,1-2H3. The second-order valence-electron chi connectivity index (χ2n) is 3.55. The third-order valence-electron chi connectivity index (χ3n) is 2.46. The van der Waals surface area contributed by atoms with Gasteiger partial charge in [0.25, 0.3) is 0 Å². The zero-order valence-electron chi connectivity index (χ0n) is 8.59. The van der Waals surface area contributed by atoms with Gasteiger partial charge in [-0.1, -0.05) is 30.7 Å². The van der Waals surface area contributed by atoms with E-state index in [1.54, 1.807) is 6.92 Å². The van der Waals surface area contributed by atoms with Crippen LogP contribution in [0.4, 0.5) is 0 Å². The van der Waals surface area contributed by atoms with Gasteiger partial charge >= 0.3 is 0 Å². The fourth-order valence-electron chi connectivity index (χ4n) is 1.48. The Hall–Kier alpha value is -0.820. The molecule has 1 unspecified atom stereocenters. The van der Waals surface area contributed by atoms with Gasteiger partial charge in [0, 0.05) is 10.9 Å². The topological polar surface area (TPSA) is 17.1 Å². The van der Waals surface area contributed by atoms with Gasteiger partial charge in [-0.2, -0.15) is 0 Å². The molecule has 1 atom stereocenters. The lowest BCUT2D eigenvalue weighted by Gasteiger charge is -2.10. The monoisotopic (exact) mass is 210 g/mol. The van der Waals surface area contributed by atoms with Crippen molar-refractivity contribution in [3.63, 3.8) is 0 Å². The molecule has 0 aliphatic carbocycles. The van der Waals surface area contributed by atoms with E-state index in [-0.39, 0.29) is 11.7 Å². The lowest BCUT2D eigenvalue weighted by atomic mass is 9.94. The molecule has 0 saturated heterocycles. The molecular formula is C12H15ClO. The molecule has 1 nitrogen and oxygen atoms in total. The van der Waals surface area contributed by atoms with E-state index in [4.69, 9.17) is 11.6 Å². The summed E-state index contributed by atoms with van der Waals surface area (Å²) in [4.78, 5) is 11.2. The Morgan fingerprint density at radius 3 is 2.36 bits per heavy atom. The van der Waals surface area contributed by atoms with Crippen LogP contribution in [-0.2, 0) is 11.2 Å². The third-order valence-corrected chi connectivity index (χ3v) is 2.72. The van der Waals surface area contributed by atoms with Crippen molar-refractivity contribution >= 4 is 17.4 Å². The summed E-state index contributed by atoms with van der Waals surface area (Å²) >= 11 is 5.78.